The van der Waals surface area contributed by atoms with Crippen LogP contribution in [0.1, 0.15) is 35.3 Å². The number of rotatable bonds is 6. The average molecular weight is 456 g/mol. The molecule has 4 heterocycles. The molecule has 9 nitrogen and oxygen atoms in total. The number of carbonyl (C=O) groups excluding carboxylic acids is 2. The first-order chi connectivity index (χ1) is 16.4. The highest BCUT2D eigenvalue weighted by atomic mass is 16.2. The lowest BCUT2D eigenvalue weighted by Crippen LogP contribution is -2.17. The molecule has 2 amide bonds. The minimum absolute atomic E-state index is 0.0639. The van der Waals surface area contributed by atoms with Crippen LogP contribution in [0.3, 0.4) is 0 Å². The summed E-state index contributed by atoms with van der Waals surface area (Å²) in [7, 11) is 1.86. The van der Waals surface area contributed by atoms with Gasteiger partial charge in [-0.2, -0.15) is 5.10 Å². The van der Waals surface area contributed by atoms with Gasteiger partial charge in [-0.3, -0.25) is 19.3 Å². The van der Waals surface area contributed by atoms with Crippen LogP contribution in [0.4, 0.5) is 11.4 Å². The van der Waals surface area contributed by atoms with E-state index in [4.69, 9.17) is 0 Å². The predicted octanol–water partition coefficient (Wildman–Crippen LogP) is 4.21. The molecule has 1 aliphatic carbocycles. The number of anilines is 2. The number of aromatic amines is 1. The molecule has 4 aromatic rings. The summed E-state index contributed by atoms with van der Waals surface area (Å²) in [5.74, 6) is -0.0823. The van der Waals surface area contributed by atoms with Gasteiger partial charge in [0.25, 0.3) is 5.91 Å². The molecule has 0 saturated carbocycles. The Morgan fingerprint density at radius 2 is 2.03 bits per heavy atom. The predicted molar refractivity (Wildman–Crippen MR) is 130 cm³/mol. The van der Waals surface area contributed by atoms with E-state index in [2.05, 4.69) is 42.8 Å². The Bertz CT molecular complexity index is 1420. The number of carbonyl (C=O) groups is 2. The van der Waals surface area contributed by atoms with Crippen molar-refractivity contribution in [3.63, 3.8) is 0 Å². The molecule has 0 spiro atoms. The van der Waals surface area contributed by atoms with Crippen LogP contribution in [-0.2, 0) is 11.8 Å². The molecule has 0 radical (unpaired) electrons. The van der Waals surface area contributed by atoms with Crippen molar-refractivity contribution in [2.45, 2.75) is 26.2 Å². The van der Waals surface area contributed by atoms with E-state index in [1.807, 2.05) is 19.3 Å². The van der Waals surface area contributed by atoms with E-state index in [-0.39, 0.29) is 17.7 Å². The van der Waals surface area contributed by atoms with Crippen molar-refractivity contribution in [2.75, 3.05) is 10.6 Å². The van der Waals surface area contributed by atoms with Gasteiger partial charge in [-0.25, -0.2) is 4.98 Å². The number of hydrogen-bond acceptors (Lipinski definition) is 5. The summed E-state index contributed by atoms with van der Waals surface area (Å²) >= 11 is 0. The van der Waals surface area contributed by atoms with E-state index >= 15 is 0 Å². The Labute approximate surface area is 196 Å². The molecule has 5 rings (SSSR count). The Morgan fingerprint density at radius 3 is 2.79 bits per heavy atom. The maximum atomic E-state index is 13.0. The molecule has 1 aliphatic rings. The largest absolute Gasteiger partial charge is 0.339 e. The molecule has 0 bridgehead atoms. The van der Waals surface area contributed by atoms with Gasteiger partial charge in [0.15, 0.2) is 0 Å². The van der Waals surface area contributed by atoms with Crippen LogP contribution in [-0.4, -0.2) is 36.5 Å². The smallest absolute Gasteiger partial charge is 0.257 e. The molecule has 0 aliphatic heterocycles. The van der Waals surface area contributed by atoms with E-state index in [1.54, 1.807) is 36.1 Å². The molecular formula is C25H25N7O2. The lowest BCUT2D eigenvalue weighted by molar-refractivity contribution is -0.116. The van der Waals surface area contributed by atoms with Gasteiger partial charge in [0.1, 0.15) is 5.65 Å². The van der Waals surface area contributed by atoms with Crippen LogP contribution >= 0.6 is 0 Å². The van der Waals surface area contributed by atoms with Crippen LogP contribution in [0.25, 0.3) is 22.3 Å². The second kappa shape index (κ2) is 8.93. The fourth-order valence-corrected chi connectivity index (χ4v) is 4.09. The molecule has 0 fully saturated rings. The topological polar surface area (TPSA) is 118 Å². The fourth-order valence-electron chi connectivity index (χ4n) is 4.09. The molecule has 4 aromatic heterocycles. The molecule has 0 aromatic carbocycles. The van der Waals surface area contributed by atoms with Gasteiger partial charge in [-0.05, 0) is 43.9 Å². The summed E-state index contributed by atoms with van der Waals surface area (Å²) in [6, 6.07) is 5.46. The van der Waals surface area contributed by atoms with Gasteiger partial charge in [0.2, 0.25) is 5.91 Å². The Morgan fingerprint density at radius 1 is 1.15 bits per heavy atom. The fraction of sp³-hybridized carbons (Fsp3) is 0.240. The van der Waals surface area contributed by atoms with Gasteiger partial charge in [0, 0.05) is 36.8 Å². The van der Waals surface area contributed by atoms with Crippen LogP contribution in [0.15, 0.2) is 55.1 Å². The molecular weight excluding hydrogens is 430 g/mol. The summed E-state index contributed by atoms with van der Waals surface area (Å²) in [6.07, 6.45) is 13.5. The number of H-pyrrole nitrogens is 1. The molecule has 34 heavy (non-hydrogen) atoms. The number of aromatic nitrogens is 5. The normalized spacial score (nSPS) is 15.1. The zero-order valence-corrected chi connectivity index (χ0v) is 19.0. The zero-order chi connectivity index (χ0) is 23.7. The number of allylic oxidation sites excluding steroid dienone is 2. The molecule has 0 saturated heterocycles. The Balaban J connectivity index is 1.30. The number of pyridine rings is 2. The summed E-state index contributed by atoms with van der Waals surface area (Å²) in [5.41, 5.74) is 4.67. The summed E-state index contributed by atoms with van der Waals surface area (Å²) in [4.78, 5) is 37.3. The molecule has 1 unspecified atom stereocenters. The Kier molecular flexibility index (Phi) is 5.67. The third kappa shape index (κ3) is 4.59. The van der Waals surface area contributed by atoms with E-state index in [9.17, 15) is 9.59 Å². The minimum atomic E-state index is -0.303. The summed E-state index contributed by atoms with van der Waals surface area (Å²) in [5, 5.41) is 10.8. The van der Waals surface area contributed by atoms with Crippen molar-refractivity contribution in [1.29, 1.82) is 0 Å². The van der Waals surface area contributed by atoms with Gasteiger partial charge < -0.3 is 15.6 Å². The van der Waals surface area contributed by atoms with Crippen molar-refractivity contribution in [3.8, 4) is 11.3 Å². The van der Waals surface area contributed by atoms with E-state index in [1.165, 1.54) is 6.20 Å². The first-order valence-corrected chi connectivity index (χ1v) is 11.2. The molecule has 3 N–H and O–H groups in total. The number of amides is 2. The SMILES string of the molecule is Cc1ncc(NC(=O)CC2C=CCC2)cc1NC(=O)c1cnc2[nH]c(-c3cnn(C)c3)cc2c1. The lowest BCUT2D eigenvalue weighted by Gasteiger charge is -2.12. The van der Waals surface area contributed by atoms with Crippen molar-refractivity contribution < 1.29 is 9.59 Å². The van der Waals surface area contributed by atoms with Gasteiger partial charge >= 0.3 is 0 Å². The van der Waals surface area contributed by atoms with E-state index < -0.39 is 0 Å². The average Bonchev–Trinajstić information content (AvgIpc) is 3.56. The quantitative estimate of drug-likeness (QED) is 0.376. The van der Waals surface area contributed by atoms with Gasteiger partial charge in [-0.1, -0.05) is 12.2 Å². The highest BCUT2D eigenvalue weighted by Crippen LogP contribution is 2.25. The number of nitrogens with zero attached hydrogens (tertiary/aromatic N) is 4. The van der Waals surface area contributed by atoms with Crippen LogP contribution in [0, 0.1) is 12.8 Å². The third-order valence-electron chi connectivity index (χ3n) is 5.93. The number of nitrogens with one attached hydrogen (secondary N) is 3. The summed E-state index contributed by atoms with van der Waals surface area (Å²) < 4.78 is 1.73. The maximum absolute atomic E-state index is 13.0. The second-order valence-electron chi connectivity index (χ2n) is 8.58. The van der Waals surface area contributed by atoms with Gasteiger partial charge in [0.05, 0.1) is 40.7 Å². The third-order valence-corrected chi connectivity index (χ3v) is 5.93. The second-order valence-corrected chi connectivity index (χ2v) is 8.58. The van der Waals surface area contributed by atoms with E-state index in [0.29, 0.717) is 34.7 Å². The van der Waals surface area contributed by atoms with Gasteiger partial charge in [-0.15, -0.1) is 0 Å². The zero-order valence-electron chi connectivity index (χ0n) is 19.0. The molecule has 172 valence electrons. The highest BCUT2D eigenvalue weighted by molar-refractivity contribution is 6.06. The van der Waals surface area contributed by atoms with E-state index in [0.717, 1.165) is 29.5 Å². The summed E-state index contributed by atoms with van der Waals surface area (Å²) in [6.45, 7) is 1.80. The number of fused-ring (bicyclic) bond motifs is 1. The highest BCUT2D eigenvalue weighted by Gasteiger charge is 2.16. The molecule has 9 heteroatoms. The van der Waals surface area contributed by atoms with Crippen molar-refractivity contribution in [2.24, 2.45) is 13.0 Å². The minimum Gasteiger partial charge on any atom is -0.339 e. The first kappa shape index (κ1) is 21.6. The van der Waals surface area contributed by atoms with Crippen molar-refractivity contribution in [1.82, 2.24) is 24.7 Å². The number of aryl methyl sites for hydroxylation is 2. The van der Waals surface area contributed by atoms with Crippen LogP contribution in [0.5, 0.6) is 0 Å². The number of hydrogen-bond donors (Lipinski definition) is 3. The Hall–Kier alpha value is -4.27. The standard InChI is InChI=1S/C25H25N7O2/c1-15-21(10-20(13-26-15)29-23(33)7-16-5-3-4-6-16)31-25(34)18-8-17-9-22(30-24(17)27-11-18)19-12-28-32(2)14-19/h3,5,8-14,16H,4,6-7H2,1-2H3,(H,27,30)(H,29,33)(H,31,34). The lowest BCUT2D eigenvalue weighted by atomic mass is 10.1. The van der Waals surface area contributed by atoms with Crippen LogP contribution < -0.4 is 10.6 Å². The van der Waals surface area contributed by atoms with Crippen molar-refractivity contribution in [3.05, 3.63) is 66.4 Å². The van der Waals surface area contributed by atoms with Crippen molar-refractivity contribution >= 4 is 34.2 Å². The maximum Gasteiger partial charge on any atom is 0.257 e. The molecule has 1 atom stereocenters. The van der Waals surface area contributed by atoms with Crippen LogP contribution in [0.2, 0.25) is 0 Å². The first-order valence-electron chi connectivity index (χ1n) is 11.2. The monoisotopic (exact) mass is 455 g/mol.